The Morgan fingerprint density at radius 2 is 0.478 bits per heavy atom. The maximum atomic E-state index is 7.31. The molecule has 0 spiro atoms. The lowest BCUT2D eigenvalue weighted by Crippen LogP contribution is -2.69. The third-order valence-electron chi connectivity index (χ3n) is 13.3. The highest BCUT2D eigenvalue weighted by molar-refractivity contribution is 14.1. The maximum Gasteiger partial charge on any atom is 0.288 e. The minimum atomic E-state index is -3.04. The van der Waals surface area contributed by atoms with Crippen molar-refractivity contribution in [2.75, 3.05) is 6.61 Å². The molecule has 9 aromatic carbocycles. The van der Waals surface area contributed by atoms with E-state index < -0.39 is 8.32 Å². The van der Waals surface area contributed by atoms with Crippen LogP contribution in [0.1, 0.15) is 40.3 Å². The lowest BCUT2D eigenvalue weighted by molar-refractivity contribution is 0.347. The molecule has 67 heavy (non-hydrogen) atoms. The van der Waals surface area contributed by atoms with Gasteiger partial charge in [-0.3, -0.25) is 0 Å². The molecular formula is C62H53I3OSi. The van der Waals surface area contributed by atoms with Crippen LogP contribution >= 0.6 is 67.8 Å². The van der Waals surface area contributed by atoms with E-state index in [0.29, 0.717) is 6.61 Å². The van der Waals surface area contributed by atoms with Crippen molar-refractivity contribution in [2.24, 2.45) is 0 Å². The molecule has 9 rings (SSSR count). The van der Waals surface area contributed by atoms with Crippen molar-refractivity contribution in [2.45, 2.75) is 48.5 Å². The fourth-order valence-corrected chi connectivity index (χ4v) is 14.7. The van der Waals surface area contributed by atoms with Crippen LogP contribution in [0.5, 0.6) is 0 Å². The summed E-state index contributed by atoms with van der Waals surface area (Å²) in [6.45, 7) is 16.1. The Labute approximate surface area is 439 Å². The molecule has 0 aromatic heterocycles. The molecule has 0 radical (unpaired) electrons. The van der Waals surface area contributed by atoms with Crippen molar-refractivity contribution in [3.8, 4) is 66.8 Å². The van der Waals surface area contributed by atoms with Crippen molar-refractivity contribution in [1.82, 2.24) is 0 Å². The number of rotatable bonds is 11. The quantitative estimate of drug-likeness (QED) is 0.0712. The Morgan fingerprint density at radius 1 is 0.299 bits per heavy atom. The van der Waals surface area contributed by atoms with Gasteiger partial charge in [0.15, 0.2) is 0 Å². The Balaban J connectivity index is 1.13. The van der Waals surface area contributed by atoms with Crippen LogP contribution in [0, 0.1) is 52.3 Å². The highest BCUT2D eigenvalue weighted by Gasteiger charge is 2.42. The maximum absolute atomic E-state index is 7.31. The first-order valence-corrected chi connectivity index (χ1v) is 28.1. The van der Waals surface area contributed by atoms with E-state index in [4.69, 9.17) is 4.43 Å². The third-order valence-corrected chi connectivity index (χ3v) is 19.7. The molecule has 0 aliphatic carbocycles. The van der Waals surface area contributed by atoms with Gasteiger partial charge in [-0.1, -0.05) is 146 Å². The molecule has 0 fully saturated rings. The van der Waals surface area contributed by atoms with Gasteiger partial charge in [-0.15, -0.1) is 0 Å². The molecule has 1 nitrogen and oxygen atoms in total. The molecule has 0 atom stereocenters. The van der Waals surface area contributed by atoms with Gasteiger partial charge in [0, 0.05) is 17.3 Å². The first kappa shape index (κ1) is 47.4. The SMILES string of the molecule is CCO[Si](c1ccc(-c2cc(C)c(-c3ccc(I)cc3)cc2C)cc1)(c1ccc(-c2cc(C)c(-c3ccc(I)cc3)cc2C)cc1)c1ccc(-c2cc(C)c(-c3ccc(I)cc3)cc2C)cc1. The fourth-order valence-electron chi connectivity index (χ4n) is 9.82. The Morgan fingerprint density at radius 3 is 0.657 bits per heavy atom. The molecule has 5 heteroatoms. The Kier molecular flexibility index (Phi) is 14.2. The summed E-state index contributed by atoms with van der Waals surface area (Å²) in [6.07, 6.45) is 0. The van der Waals surface area contributed by atoms with Crippen LogP contribution in [0.15, 0.2) is 182 Å². The molecule has 9 aromatic rings. The van der Waals surface area contributed by atoms with Gasteiger partial charge in [0.2, 0.25) is 0 Å². The average molecular weight is 1220 g/mol. The molecule has 0 saturated carbocycles. The second-order valence-electron chi connectivity index (χ2n) is 17.8. The summed E-state index contributed by atoms with van der Waals surface area (Å²) in [7, 11) is -3.04. The Bertz CT molecular complexity index is 2880. The highest BCUT2D eigenvalue weighted by atomic mass is 127. The van der Waals surface area contributed by atoms with Gasteiger partial charge < -0.3 is 4.43 Å². The second-order valence-corrected chi connectivity index (χ2v) is 24.9. The Hall–Kier alpha value is -4.65. The van der Waals surface area contributed by atoms with Gasteiger partial charge in [-0.25, -0.2) is 0 Å². The van der Waals surface area contributed by atoms with Crippen molar-refractivity contribution in [1.29, 1.82) is 0 Å². The van der Waals surface area contributed by atoms with Gasteiger partial charge in [0.05, 0.1) is 0 Å². The first-order chi connectivity index (χ1) is 32.3. The lowest BCUT2D eigenvalue weighted by Gasteiger charge is -2.33. The summed E-state index contributed by atoms with van der Waals surface area (Å²) in [6, 6.07) is 68.5. The number of hydrogen-bond acceptors (Lipinski definition) is 1. The topological polar surface area (TPSA) is 9.23 Å². The van der Waals surface area contributed by atoms with Crippen LogP contribution in [-0.2, 0) is 4.43 Å². The summed E-state index contributed by atoms with van der Waals surface area (Å²) >= 11 is 7.13. The van der Waals surface area contributed by atoms with Crippen LogP contribution < -0.4 is 15.6 Å². The van der Waals surface area contributed by atoms with Crippen LogP contribution in [0.3, 0.4) is 0 Å². The molecule has 0 saturated heterocycles. The molecule has 0 aliphatic heterocycles. The van der Waals surface area contributed by atoms with Gasteiger partial charge in [0.1, 0.15) is 0 Å². The fraction of sp³-hybridized carbons (Fsp3) is 0.129. The van der Waals surface area contributed by atoms with Gasteiger partial charge in [-0.05, 0) is 268 Å². The van der Waals surface area contributed by atoms with Gasteiger partial charge in [-0.2, -0.15) is 0 Å². The van der Waals surface area contributed by atoms with Crippen molar-refractivity contribution in [3.05, 3.63) is 226 Å². The van der Waals surface area contributed by atoms with Crippen molar-refractivity contribution in [3.63, 3.8) is 0 Å². The highest BCUT2D eigenvalue weighted by Crippen LogP contribution is 2.36. The molecule has 0 bridgehead atoms. The summed E-state index contributed by atoms with van der Waals surface area (Å²) in [5.41, 5.74) is 22.6. The molecule has 332 valence electrons. The molecule has 0 aliphatic rings. The monoisotopic (exact) mass is 1220 g/mol. The normalized spacial score (nSPS) is 11.6. The summed E-state index contributed by atoms with van der Waals surface area (Å²) < 4.78 is 11.0. The number of hydrogen-bond donors (Lipinski definition) is 0. The molecule has 0 unspecified atom stereocenters. The second kappa shape index (κ2) is 20.1. The van der Waals surface area contributed by atoms with Crippen molar-refractivity contribution >= 4 is 91.7 Å². The molecule has 0 N–H and O–H groups in total. The number of benzene rings is 9. The zero-order chi connectivity index (χ0) is 47.0. The largest absolute Gasteiger partial charge is 0.405 e. The first-order valence-electron chi connectivity index (χ1n) is 22.9. The standard InChI is InChI=1S/C62H53I3OSi/c1-8-66-67(54-27-15-48(16-28-54)60-36-39(2)57(33-42(60)5)45-9-21-51(63)22-10-45,55-29-17-49(18-30-55)61-37-40(3)58(34-43(61)6)46-11-23-52(64)24-12-46)56-31-19-50(20-32-56)62-38-41(4)59(35-44(62)7)47-13-25-53(65)26-14-47/h9-38H,8H2,1-7H3. The molecule has 0 heterocycles. The smallest absolute Gasteiger partial charge is 0.288 e. The minimum Gasteiger partial charge on any atom is -0.405 e. The lowest BCUT2D eigenvalue weighted by atomic mass is 9.92. The van der Waals surface area contributed by atoms with E-state index in [9.17, 15) is 0 Å². The van der Waals surface area contributed by atoms with E-state index in [1.807, 2.05) is 0 Å². The van der Waals surface area contributed by atoms with E-state index in [2.05, 4.69) is 298 Å². The van der Waals surface area contributed by atoms with E-state index in [1.165, 1.54) is 126 Å². The third kappa shape index (κ3) is 9.69. The minimum absolute atomic E-state index is 0.590. The average Bonchev–Trinajstić information content (AvgIpc) is 3.34. The predicted octanol–water partition coefficient (Wildman–Crippen LogP) is 16.4. The molecular weight excluding hydrogens is 1170 g/mol. The van der Waals surface area contributed by atoms with E-state index in [0.717, 1.165) is 0 Å². The zero-order valence-electron chi connectivity index (χ0n) is 39.1. The number of halogens is 3. The van der Waals surface area contributed by atoms with Gasteiger partial charge in [0.25, 0.3) is 8.32 Å². The summed E-state index contributed by atoms with van der Waals surface area (Å²) in [4.78, 5) is 0. The van der Waals surface area contributed by atoms with E-state index in [-0.39, 0.29) is 0 Å². The van der Waals surface area contributed by atoms with E-state index in [1.54, 1.807) is 0 Å². The number of aryl methyl sites for hydroxylation is 6. The van der Waals surface area contributed by atoms with Crippen LogP contribution in [0.4, 0.5) is 0 Å². The van der Waals surface area contributed by atoms with Crippen LogP contribution in [-0.4, -0.2) is 14.9 Å². The van der Waals surface area contributed by atoms with Crippen LogP contribution in [0.25, 0.3) is 66.8 Å². The summed E-state index contributed by atoms with van der Waals surface area (Å²) in [5, 5.41) is 3.68. The van der Waals surface area contributed by atoms with Crippen LogP contribution in [0.2, 0.25) is 0 Å². The zero-order valence-corrected chi connectivity index (χ0v) is 46.5. The van der Waals surface area contributed by atoms with Gasteiger partial charge >= 0.3 is 0 Å². The molecule has 0 amide bonds. The van der Waals surface area contributed by atoms with Crippen molar-refractivity contribution < 1.29 is 4.43 Å². The van der Waals surface area contributed by atoms with E-state index >= 15 is 0 Å². The summed E-state index contributed by atoms with van der Waals surface area (Å²) in [5.74, 6) is 0. The predicted molar refractivity (Wildman–Crippen MR) is 315 cm³/mol.